The Hall–Kier alpha value is -2.66. The van der Waals surface area contributed by atoms with E-state index < -0.39 is 0 Å². The summed E-state index contributed by atoms with van der Waals surface area (Å²) in [5, 5.41) is 14.9. The average molecular weight is 334 g/mol. The summed E-state index contributed by atoms with van der Waals surface area (Å²) >= 11 is 0. The van der Waals surface area contributed by atoms with Crippen LogP contribution in [0.4, 0.5) is 11.5 Å². The molecule has 5 heteroatoms. The van der Waals surface area contributed by atoms with Crippen molar-refractivity contribution < 1.29 is 5.11 Å². The van der Waals surface area contributed by atoms with E-state index in [9.17, 15) is 5.11 Å². The van der Waals surface area contributed by atoms with Crippen LogP contribution < -0.4 is 5.32 Å². The third-order valence-electron chi connectivity index (χ3n) is 4.76. The summed E-state index contributed by atoms with van der Waals surface area (Å²) in [5.41, 5.74) is 2.51. The monoisotopic (exact) mass is 334 g/mol. The molecule has 0 amide bonds. The number of fused-ring (bicyclic) bond motifs is 1. The van der Waals surface area contributed by atoms with Gasteiger partial charge in [0.2, 0.25) is 0 Å². The van der Waals surface area contributed by atoms with Crippen LogP contribution in [0.15, 0.2) is 48.8 Å². The highest BCUT2D eigenvalue weighted by molar-refractivity contribution is 5.91. The molecule has 0 aliphatic carbocycles. The Morgan fingerprint density at radius 1 is 0.960 bits per heavy atom. The van der Waals surface area contributed by atoms with Gasteiger partial charge in [-0.2, -0.15) is 0 Å². The molecule has 2 N–H and O–H groups in total. The van der Waals surface area contributed by atoms with Crippen molar-refractivity contribution in [1.82, 2.24) is 14.9 Å². The number of aromatic nitrogens is 2. The maximum atomic E-state index is 10.7. The van der Waals surface area contributed by atoms with E-state index in [1.165, 1.54) is 19.3 Å². The zero-order valence-corrected chi connectivity index (χ0v) is 14.2. The lowest BCUT2D eigenvalue weighted by molar-refractivity contribution is 0.218. The molecule has 4 rings (SSSR count). The second-order valence-corrected chi connectivity index (χ2v) is 6.51. The number of hydrogen-bond acceptors (Lipinski definition) is 5. The van der Waals surface area contributed by atoms with E-state index in [1.807, 2.05) is 42.5 Å². The second-order valence-electron chi connectivity index (χ2n) is 6.51. The van der Waals surface area contributed by atoms with Crippen molar-refractivity contribution in [3.63, 3.8) is 0 Å². The number of benzene rings is 2. The minimum atomic E-state index is 0.302. The molecule has 5 nitrogen and oxygen atoms in total. The van der Waals surface area contributed by atoms with Crippen LogP contribution >= 0.6 is 0 Å². The molecule has 2 aromatic carbocycles. The normalized spacial score (nSPS) is 15.4. The molecular weight excluding hydrogens is 312 g/mol. The molecule has 3 aromatic rings. The molecule has 1 aromatic heterocycles. The number of nitrogens with zero attached hydrogens (tertiary/aromatic N) is 3. The van der Waals surface area contributed by atoms with E-state index in [2.05, 4.69) is 20.2 Å². The molecule has 25 heavy (non-hydrogen) atoms. The van der Waals surface area contributed by atoms with Crippen LogP contribution in [-0.4, -0.2) is 33.1 Å². The lowest BCUT2D eigenvalue weighted by atomic mass is 10.1. The van der Waals surface area contributed by atoms with Gasteiger partial charge in [0.05, 0.1) is 11.2 Å². The average Bonchev–Trinajstić information content (AvgIpc) is 2.66. The smallest absolute Gasteiger partial charge is 0.143 e. The summed E-state index contributed by atoms with van der Waals surface area (Å²) in [6.07, 6.45) is 5.33. The Morgan fingerprint density at radius 3 is 2.68 bits per heavy atom. The fraction of sp³-hybridized carbons (Fsp3) is 0.300. The van der Waals surface area contributed by atoms with Gasteiger partial charge >= 0.3 is 0 Å². The molecule has 1 saturated heterocycles. The topological polar surface area (TPSA) is 61.3 Å². The van der Waals surface area contributed by atoms with Gasteiger partial charge in [-0.1, -0.05) is 30.7 Å². The van der Waals surface area contributed by atoms with Crippen LogP contribution in [0.1, 0.15) is 24.8 Å². The minimum Gasteiger partial charge on any atom is -0.505 e. The Labute approximate surface area is 147 Å². The van der Waals surface area contributed by atoms with E-state index in [0.29, 0.717) is 17.3 Å². The van der Waals surface area contributed by atoms with Crippen LogP contribution in [0, 0.1) is 0 Å². The fourth-order valence-corrected chi connectivity index (χ4v) is 3.41. The molecule has 0 bridgehead atoms. The highest BCUT2D eigenvalue weighted by Crippen LogP contribution is 2.32. The number of para-hydroxylation sites is 2. The van der Waals surface area contributed by atoms with Gasteiger partial charge in [-0.15, -0.1) is 0 Å². The van der Waals surface area contributed by atoms with Crippen LogP contribution in [0.25, 0.3) is 10.9 Å². The van der Waals surface area contributed by atoms with Gasteiger partial charge in [0.25, 0.3) is 0 Å². The first-order chi connectivity index (χ1) is 12.3. The lowest BCUT2D eigenvalue weighted by Crippen LogP contribution is -2.29. The van der Waals surface area contributed by atoms with Gasteiger partial charge in [0.15, 0.2) is 0 Å². The summed E-state index contributed by atoms with van der Waals surface area (Å²) in [7, 11) is 0. The first kappa shape index (κ1) is 15.8. The maximum absolute atomic E-state index is 10.7. The molecule has 0 saturated carbocycles. The van der Waals surface area contributed by atoms with Crippen molar-refractivity contribution in [1.29, 1.82) is 0 Å². The minimum absolute atomic E-state index is 0.302. The molecule has 2 heterocycles. The number of hydrogen-bond donors (Lipinski definition) is 2. The van der Waals surface area contributed by atoms with Crippen LogP contribution in [-0.2, 0) is 6.54 Å². The van der Waals surface area contributed by atoms with Crippen LogP contribution in [0.5, 0.6) is 5.75 Å². The Bertz CT molecular complexity index is 869. The number of phenolic OH excluding ortho intramolecular Hbond substituents is 1. The van der Waals surface area contributed by atoms with E-state index >= 15 is 0 Å². The third kappa shape index (κ3) is 3.42. The van der Waals surface area contributed by atoms with E-state index in [4.69, 9.17) is 0 Å². The Kier molecular flexibility index (Phi) is 4.48. The van der Waals surface area contributed by atoms with Gasteiger partial charge in [-0.3, -0.25) is 4.90 Å². The lowest BCUT2D eigenvalue weighted by Gasteiger charge is -2.27. The molecule has 0 atom stereocenters. The number of aromatic hydroxyl groups is 1. The molecule has 0 spiro atoms. The second kappa shape index (κ2) is 7.07. The van der Waals surface area contributed by atoms with Crippen LogP contribution in [0.2, 0.25) is 0 Å². The van der Waals surface area contributed by atoms with Gasteiger partial charge in [-0.25, -0.2) is 9.97 Å². The summed E-state index contributed by atoms with van der Waals surface area (Å²) in [4.78, 5) is 11.0. The molecule has 1 aliphatic rings. The number of anilines is 2. The number of likely N-dealkylation sites (tertiary alicyclic amines) is 1. The Balaban J connectivity index is 1.61. The largest absolute Gasteiger partial charge is 0.505 e. The van der Waals surface area contributed by atoms with Gasteiger partial charge in [-0.05, 0) is 44.1 Å². The van der Waals surface area contributed by atoms with Crippen molar-refractivity contribution in [2.45, 2.75) is 25.8 Å². The van der Waals surface area contributed by atoms with Crippen molar-refractivity contribution in [2.75, 3.05) is 18.4 Å². The number of phenols is 1. The van der Waals surface area contributed by atoms with Gasteiger partial charge in [0, 0.05) is 17.5 Å². The summed E-state index contributed by atoms with van der Waals surface area (Å²) in [5.74, 6) is 1.01. The van der Waals surface area contributed by atoms with Crippen molar-refractivity contribution >= 4 is 22.4 Å². The standard InChI is InChI=1S/C20H22N4O/c25-19-15(13-24-11-4-1-5-12-24)7-6-10-18(19)23-20-16-8-2-3-9-17(16)21-14-22-20/h2-3,6-10,14,25H,1,4-5,11-13H2,(H,21,22,23). The zero-order chi connectivity index (χ0) is 17.1. The van der Waals surface area contributed by atoms with E-state index in [1.54, 1.807) is 6.33 Å². The zero-order valence-electron chi connectivity index (χ0n) is 14.2. The van der Waals surface area contributed by atoms with Gasteiger partial charge < -0.3 is 10.4 Å². The molecule has 128 valence electrons. The number of nitrogens with one attached hydrogen (secondary N) is 1. The van der Waals surface area contributed by atoms with Gasteiger partial charge in [0.1, 0.15) is 17.9 Å². The predicted molar refractivity (Wildman–Crippen MR) is 100 cm³/mol. The number of piperidine rings is 1. The predicted octanol–water partition coefficient (Wildman–Crippen LogP) is 4.06. The van der Waals surface area contributed by atoms with E-state index in [0.717, 1.165) is 36.1 Å². The van der Waals surface area contributed by atoms with Crippen LogP contribution in [0.3, 0.4) is 0 Å². The summed E-state index contributed by atoms with van der Waals surface area (Å²) in [6.45, 7) is 2.99. The van der Waals surface area contributed by atoms with Crippen molar-refractivity contribution in [3.8, 4) is 5.75 Å². The summed E-state index contributed by atoms with van der Waals surface area (Å²) in [6, 6.07) is 13.7. The molecule has 0 radical (unpaired) electrons. The fourth-order valence-electron chi connectivity index (χ4n) is 3.41. The SMILES string of the molecule is Oc1c(CN2CCCCC2)cccc1Nc1ncnc2ccccc12. The first-order valence-electron chi connectivity index (χ1n) is 8.81. The van der Waals surface area contributed by atoms with E-state index in [-0.39, 0.29) is 0 Å². The third-order valence-corrected chi connectivity index (χ3v) is 4.76. The number of rotatable bonds is 4. The highest BCUT2D eigenvalue weighted by Gasteiger charge is 2.15. The van der Waals surface area contributed by atoms with Crippen molar-refractivity contribution in [3.05, 3.63) is 54.4 Å². The highest BCUT2D eigenvalue weighted by atomic mass is 16.3. The summed E-state index contributed by atoms with van der Waals surface area (Å²) < 4.78 is 0. The quantitative estimate of drug-likeness (QED) is 0.705. The molecular formula is C20H22N4O. The van der Waals surface area contributed by atoms with Crippen molar-refractivity contribution in [2.24, 2.45) is 0 Å². The molecule has 1 fully saturated rings. The Morgan fingerprint density at radius 2 is 1.80 bits per heavy atom. The maximum Gasteiger partial charge on any atom is 0.143 e. The molecule has 0 unspecified atom stereocenters. The first-order valence-corrected chi connectivity index (χ1v) is 8.81. The molecule has 1 aliphatic heterocycles.